The first-order valence-electron chi connectivity index (χ1n) is 16.5. The van der Waals surface area contributed by atoms with Crippen molar-refractivity contribution in [2.24, 2.45) is 5.92 Å². The fraction of sp³-hybridized carbons (Fsp3) is 0.472. The Morgan fingerprint density at radius 2 is 1.84 bits per heavy atom. The van der Waals surface area contributed by atoms with Crippen LogP contribution in [-0.2, 0) is 43.9 Å². The molecule has 0 radical (unpaired) electrons. The number of pyridine rings is 2. The van der Waals surface area contributed by atoms with E-state index < -0.39 is 52.7 Å². The van der Waals surface area contributed by atoms with Crippen molar-refractivity contribution >= 4 is 35.1 Å². The first kappa shape index (κ1) is 33.8. The van der Waals surface area contributed by atoms with Gasteiger partial charge in [-0.1, -0.05) is 12.1 Å². The number of fused-ring (bicyclic) bond motifs is 4. The molecule has 11 nitrogen and oxygen atoms in total. The number of benzene rings is 1. The van der Waals surface area contributed by atoms with Gasteiger partial charge in [0.1, 0.15) is 23.0 Å². The average Bonchev–Trinajstić information content (AvgIpc) is 3.52. The van der Waals surface area contributed by atoms with Crippen molar-refractivity contribution in [2.45, 2.75) is 77.5 Å². The summed E-state index contributed by atoms with van der Waals surface area (Å²) in [5.74, 6) is -1.62. The molecule has 3 aromatic rings. The molecule has 2 fully saturated rings. The zero-order valence-electron chi connectivity index (χ0n) is 28.8. The molecule has 0 aliphatic carbocycles. The summed E-state index contributed by atoms with van der Waals surface area (Å²) >= 11 is 0. The number of para-hydroxylation sites is 1. The molecule has 4 aliphatic heterocycles. The molecule has 4 aliphatic rings. The van der Waals surface area contributed by atoms with E-state index in [0.29, 0.717) is 32.0 Å². The summed E-state index contributed by atoms with van der Waals surface area (Å²) in [6.07, 6.45) is -3.36. The van der Waals surface area contributed by atoms with Crippen LogP contribution < -0.4 is 14.7 Å². The van der Waals surface area contributed by atoms with Gasteiger partial charge in [0, 0.05) is 44.4 Å². The third-order valence-corrected chi connectivity index (χ3v) is 9.85. The van der Waals surface area contributed by atoms with Crippen LogP contribution in [0.3, 0.4) is 0 Å². The number of ether oxygens (including phenoxy) is 2. The lowest BCUT2D eigenvalue weighted by molar-refractivity contribution is -0.137. The largest absolute Gasteiger partial charge is 0.444 e. The second kappa shape index (κ2) is 11.7. The number of alkyl halides is 3. The average molecular weight is 693 g/mol. The van der Waals surface area contributed by atoms with E-state index in [-0.39, 0.29) is 24.5 Å². The highest BCUT2D eigenvalue weighted by Gasteiger charge is 2.56. The van der Waals surface area contributed by atoms with Crippen molar-refractivity contribution in [1.29, 1.82) is 0 Å². The number of hydrogen-bond acceptors (Lipinski definition) is 8. The molecule has 0 saturated carbocycles. The van der Waals surface area contributed by atoms with Crippen molar-refractivity contribution in [1.82, 2.24) is 14.9 Å². The number of carbonyl (C=O) groups excluding carboxylic acids is 3. The van der Waals surface area contributed by atoms with Crippen molar-refractivity contribution < 1.29 is 37.0 Å². The lowest BCUT2D eigenvalue weighted by Crippen LogP contribution is -2.58. The fourth-order valence-corrected chi connectivity index (χ4v) is 7.65. The molecule has 1 spiro atoms. The van der Waals surface area contributed by atoms with Crippen molar-refractivity contribution in [3.63, 3.8) is 0 Å². The summed E-state index contributed by atoms with van der Waals surface area (Å²) in [7, 11) is 1.62. The van der Waals surface area contributed by atoms with Crippen LogP contribution in [-0.4, -0.2) is 71.2 Å². The maximum atomic E-state index is 14.2. The molecular weight excluding hydrogens is 653 g/mol. The molecule has 3 amide bonds. The molecule has 2 aromatic heterocycles. The highest BCUT2D eigenvalue weighted by atomic mass is 19.4. The van der Waals surface area contributed by atoms with Gasteiger partial charge < -0.3 is 19.3 Å². The van der Waals surface area contributed by atoms with Crippen LogP contribution in [0.2, 0.25) is 0 Å². The summed E-state index contributed by atoms with van der Waals surface area (Å²) in [6, 6.07) is 8.33. The number of amides is 3. The monoisotopic (exact) mass is 692 g/mol. The van der Waals surface area contributed by atoms with Gasteiger partial charge in [-0.3, -0.25) is 24.4 Å². The first-order valence-corrected chi connectivity index (χ1v) is 16.5. The molecule has 14 heteroatoms. The molecular formula is C36H39F3N6O5. The Balaban J connectivity index is 1.25. The summed E-state index contributed by atoms with van der Waals surface area (Å²) in [5, 5.41) is 0. The molecule has 0 bridgehead atoms. The molecule has 0 unspecified atom stereocenters. The Labute approximate surface area is 288 Å². The molecule has 7 rings (SSSR count). The van der Waals surface area contributed by atoms with Gasteiger partial charge >= 0.3 is 12.3 Å². The highest BCUT2D eigenvalue weighted by molar-refractivity contribution is 6.10. The number of aryl methyl sites for hydroxylation is 2. The minimum Gasteiger partial charge on any atom is -0.444 e. The number of hydrogen-bond donors (Lipinski definition) is 0. The predicted molar refractivity (Wildman–Crippen MR) is 178 cm³/mol. The van der Waals surface area contributed by atoms with E-state index in [1.54, 1.807) is 18.1 Å². The number of halogens is 3. The van der Waals surface area contributed by atoms with E-state index in [4.69, 9.17) is 14.5 Å². The van der Waals surface area contributed by atoms with Gasteiger partial charge in [-0.25, -0.2) is 9.78 Å². The van der Waals surface area contributed by atoms with Gasteiger partial charge in [-0.05, 0) is 75.6 Å². The molecule has 264 valence electrons. The van der Waals surface area contributed by atoms with Crippen molar-refractivity contribution in [3.8, 4) is 0 Å². The SMILES string of the molecule is Cc1cc(C(F)(F)F)cc(N2C(=O)C[C@@H]3CN(Cc4cnc5c(c4)CN(C(=O)OC(C)(C)C)C54COC4)c4c(C)cccc4N(C)C(=O)[C@H]32)n1. The minimum atomic E-state index is -4.65. The summed E-state index contributed by atoms with van der Waals surface area (Å²) in [6.45, 7) is 10.4. The minimum absolute atomic E-state index is 0.0469. The van der Waals surface area contributed by atoms with Gasteiger partial charge in [0.15, 0.2) is 0 Å². The predicted octanol–water partition coefficient (Wildman–Crippen LogP) is 5.49. The Hall–Kier alpha value is -4.72. The highest BCUT2D eigenvalue weighted by Crippen LogP contribution is 2.46. The van der Waals surface area contributed by atoms with Crippen LogP contribution in [0, 0.1) is 19.8 Å². The Morgan fingerprint density at radius 1 is 1.10 bits per heavy atom. The zero-order chi connectivity index (χ0) is 35.9. The zero-order valence-corrected chi connectivity index (χ0v) is 28.8. The van der Waals surface area contributed by atoms with Crippen molar-refractivity contribution in [2.75, 3.05) is 41.5 Å². The van der Waals surface area contributed by atoms with Gasteiger partial charge in [0.05, 0.1) is 42.4 Å². The van der Waals surface area contributed by atoms with Crippen LogP contribution >= 0.6 is 0 Å². The first-order chi connectivity index (χ1) is 23.5. The van der Waals surface area contributed by atoms with Gasteiger partial charge in [0.25, 0.3) is 0 Å². The van der Waals surface area contributed by atoms with Crippen LogP contribution in [0.5, 0.6) is 0 Å². The van der Waals surface area contributed by atoms with E-state index in [0.717, 1.165) is 45.1 Å². The quantitative estimate of drug-likeness (QED) is 0.355. The standard InChI is InChI=1S/C36H39F3N6O5/c1-20-8-7-9-26-29(20)43(15-22-11-24-17-44(33(48)50-34(3,4)5)35(18-49-19-35)31(24)40-14-22)16-23-12-28(46)45(30(23)32(47)42(26)6)27-13-25(36(37,38)39)10-21(2)41-27/h7-11,13-14,23,30H,12,15-19H2,1-6H3/t23-,30+/m1/s1. The van der Waals surface area contributed by atoms with E-state index in [1.165, 1.54) is 11.8 Å². The van der Waals surface area contributed by atoms with Crippen LogP contribution in [0.4, 0.5) is 35.2 Å². The third-order valence-electron chi connectivity index (χ3n) is 9.85. The number of likely N-dealkylation sites (N-methyl/N-ethyl adjacent to an activating group) is 1. The molecule has 0 N–H and O–H groups in total. The maximum Gasteiger partial charge on any atom is 0.416 e. The second-order valence-corrected chi connectivity index (χ2v) is 14.7. The maximum absolute atomic E-state index is 14.2. The van der Waals surface area contributed by atoms with Crippen LogP contribution in [0.1, 0.15) is 60.8 Å². The topological polar surface area (TPSA) is 108 Å². The normalized spacial score (nSPS) is 21.5. The van der Waals surface area contributed by atoms with Gasteiger partial charge in [-0.15, -0.1) is 0 Å². The second-order valence-electron chi connectivity index (χ2n) is 14.7. The number of aromatic nitrogens is 2. The summed E-state index contributed by atoms with van der Waals surface area (Å²) in [5.41, 5.74) is 2.61. The van der Waals surface area contributed by atoms with Crippen LogP contribution in [0.15, 0.2) is 42.6 Å². The van der Waals surface area contributed by atoms with Gasteiger partial charge in [-0.2, -0.15) is 13.2 Å². The lowest BCUT2D eigenvalue weighted by Gasteiger charge is -2.44. The molecule has 50 heavy (non-hydrogen) atoms. The molecule has 2 saturated heterocycles. The lowest BCUT2D eigenvalue weighted by atomic mass is 9.92. The molecule has 6 heterocycles. The van der Waals surface area contributed by atoms with Gasteiger partial charge in [0.2, 0.25) is 11.8 Å². The molecule has 2 atom stereocenters. The number of nitrogens with zero attached hydrogens (tertiary/aromatic N) is 6. The summed E-state index contributed by atoms with van der Waals surface area (Å²) < 4.78 is 52.7. The Bertz CT molecular complexity index is 1910. The number of anilines is 3. The van der Waals surface area contributed by atoms with E-state index in [2.05, 4.69) is 9.88 Å². The molecule has 1 aromatic carbocycles. The Kier molecular flexibility index (Phi) is 7.88. The van der Waals surface area contributed by atoms with E-state index >= 15 is 0 Å². The number of rotatable bonds is 3. The van der Waals surface area contributed by atoms with E-state index in [1.807, 2.05) is 52.0 Å². The third kappa shape index (κ3) is 5.62. The summed E-state index contributed by atoms with van der Waals surface area (Å²) in [4.78, 5) is 56.7. The van der Waals surface area contributed by atoms with E-state index in [9.17, 15) is 27.6 Å². The smallest absolute Gasteiger partial charge is 0.416 e. The Morgan fingerprint density at radius 3 is 2.50 bits per heavy atom. The van der Waals surface area contributed by atoms with Crippen molar-refractivity contribution in [3.05, 3.63) is 76.2 Å². The fourth-order valence-electron chi connectivity index (χ4n) is 7.65. The van der Waals surface area contributed by atoms with Crippen LogP contribution in [0.25, 0.3) is 0 Å². The number of carbonyl (C=O) groups is 3.